The van der Waals surface area contributed by atoms with Crippen molar-refractivity contribution in [1.29, 1.82) is 0 Å². The van der Waals surface area contributed by atoms with Crippen molar-refractivity contribution in [3.8, 4) is 0 Å². The number of carbonyl (C=O) groups is 3. The van der Waals surface area contributed by atoms with Crippen molar-refractivity contribution in [3.05, 3.63) is 63.3 Å². The molecule has 0 saturated carbocycles. The molecule has 11 heteroatoms. The number of amides is 2. The largest absolute Gasteiger partial charge is 0.481 e. The maximum Gasteiger partial charge on any atom is 0.305 e. The SMILES string of the molecule is Cc1cccc(NCCCCC(=O)NCC(=O)NC(CC(=O)O)c2ccc(C)c([N+](=O)[O-])c2)n1. The Kier molecular flexibility index (Phi) is 9.93. The summed E-state index contributed by atoms with van der Waals surface area (Å²) in [6.45, 7) is 3.80. The van der Waals surface area contributed by atoms with Gasteiger partial charge in [0.05, 0.1) is 23.9 Å². The van der Waals surface area contributed by atoms with Crippen LogP contribution in [0, 0.1) is 24.0 Å². The highest BCUT2D eigenvalue weighted by atomic mass is 16.6. The molecule has 0 spiro atoms. The minimum Gasteiger partial charge on any atom is -0.481 e. The number of carbonyl (C=O) groups excluding carboxylic acids is 2. The van der Waals surface area contributed by atoms with Crippen LogP contribution in [-0.4, -0.2) is 45.9 Å². The maximum absolute atomic E-state index is 12.3. The zero-order valence-electron chi connectivity index (χ0n) is 19.2. The van der Waals surface area contributed by atoms with Crippen LogP contribution in [0.5, 0.6) is 0 Å². The number of hydrogen-bond acceptors (Lipinski definition) is 7. The van der Waals surface area contributed by atoms with E-state index in [1.807, 2.05) is 25.1 Å². The van der Waals surface area contributed by atoms with Gasteiger partial charge in [-0.15, -0.1) is 0 Å². The average molecular weight is 472 g/mol. The van der Waals surface area contributed by atoms with Gasteiger partial charge in [-0.25, -0.2) is 4.98 Å². The molecule has 1 aromatic carbocycles. The Morgan fingerprint density at radius 1 is 1.12 bits per heavy atom. The van der Waals surface area contributed by atoms with Crippen molar-refractivity contribution in [1.82, 2.24) is 15.6 Å². The molecule has 11 nitrogen and oxygen atoms in total. The van der Waals surface area contributed by atoms with Crippen molar-refractivity contribution in [3.63, 3.8) is 0 Å². The average Bonchev–Trinajstić information content (AvgIpc) is 2.77. The van der Waals surface area contributed by atoms with E-state index in [0.29, 0.717) is 24.1 Å². The maximum atomic E-state index is 12.3. The van der Waals surface area contributed by atoms with Crippen LogP contribution in [0.2, 0.25) is 0 Å². The molecule has 2 amide bonds. The molecule has 0 radical (unpaired) electrons. The summed E-state index contributed by atoms with van der Waals surface area (Å²) in [5.74, 6) is -1.29. The van der Waals surface area contributed by atoms with Gasteiger partial charge in [0.1, 0.15) is 5.82 Å². The second kappa shape index (κ2) is 12.9. The van der Waals surface area contributed by atoms with E-state index in [0.717, 1.165) is 17.9 Å². The second-order valence-corrected chi connectivity index (χ2v) is 7.85. The van der Waals surface area contributed by atoms with Crippen molar-refractivity contribution < 1.29 is 24.4 Å². The van der Waals surface area contributed by atoms with E-state index in [1.54, 1.807) is 6.92 Å². The van der Waals surface area contributed by atoms with Crippen LogP contribution in [0.4, 0.5) is 11.5 Å². The summed E-state index contributed by atoms with van der Waals surface area (Å²) >= 11 is 0. The van der Waals surface area contributed by atoms with E-state index < -0.39 is 29.3 Å². The number of aryl methyl sites for hydroxylation is 2. The van der Waals surface area contributed by atoms with Crippen LogP contribution >= 0.6 is 0 Å². The Morgan fingerprint density at radius 3 is 2.56 bits per heavy atom. The summed E-state index contributed by atoms with van der Waals surface area (Å²) in [6, 6.07) is 8.99. The fraction of sp³-hybridized carbons (Fsp3) is 0.391. The number of unbranched alkanes of at least 4 members (excludes halogenated alkanes) is 1. The van der Waals surface area contributed by atoms with Crippen molar-refractivity contribution in [2.45, 2.75) is 45.6 Å². The minimum absolute atomic E-state index is 0.164. The number of rotatable bonds is 13. The Balaban J connectivity index is 1.78. The molecule has 4 N–H and O–H groups in total. The zero-order chi connectivity index (χ0) is 25.1. The first-order valence-corrected chi connectivity index (χ1v) is 10.9. The van der Waals surface area contributed by atoms with Gasteiger partial charge in [0.2, 0.25) is 11.8 Å². The molecule has 1 atom stereocenters. The third-order valence-electron chi connectivity index (χ3n) is 5.02. The van der Waals surface area contributed by atoms with Gasteiger partial charge in [0.25, 0.3) is 5.69 Å². The second-order valence-electron chi connectivity index (χ2n) is 7.85. The number of benzene rings is 1. The van der Waals surface area contributed by atoms with E-state index >= 15 is 0 Å². The Bertz CT molecular complexity index is 1040. The lowest BCUT2D eigenvalue weighted by Gasteiger charge is -2.18. The zero-order valence-corrected chi connectivity index (χ0v) is 19.2. The molecule has 2 rings (SSSR count). The molecule has 182 valence electrons. The highest BCUT2D eigenvalue weighted by molar-refractivity contribution is 5.85. The molecule has 0 aliphatic carbocycles. The summed E-state index contributed by atoms with van der Waals surface area (Å²) in [5.41, 5.74) is 1.47. The lowest BCUT2D eigenvalue weighted by molar-refractivity contribution is -0.385. The predicted molar refractivity (Wildman–Crippen MR) is 125 cm³/mol. The van der Waals surface area contributed by atoms with E-state index in [2.05, 4.69) is 20.9 Å². The lowest BCUT2D eigenvalue weighted by atomic mass is 10.0. The Morgan fingerprint density at radius 2 is 1.88 bits per heavy atom. The molecule has 1 aromatic heterocycles. The molecule has 0 aliphatic heterocycles. The van der Waals surface area contributed by atoms with Crippen LogP contribution in [0.25, 0.3) is 0 Å². The lowest BCUT2D eigenvalue weighted by Crippen LogP contribution is -2.39. The third kappa shape index (κ3) is 8.85. The van der Waals surface area contributed by atoms with Gasteiger partial charge in [-0.1, -0.05) is 18.2 Å². The Hall–Kier alpha value is -4.02. The van der Waals surface area contributed by atoms with Crippen LogP contribution in [0.3, 0.4) is 0 Å². The fourth-order valence-electron chi connectivity index (χ4n) is 3.25. The first-order chi connectivity index (χ1) is 16.2. The Labute approximate surface area is 197 Å². The molecule has 0 bridgehead atoms. The van der Waals surface area contributed by atoms with Gasteiger partial charge < -0.3 is 21.1 Å². The molecule has 34 heavy (non-hydrogen) atoms. The van der Waals surface area contributed by atoms with Gasteiger partial charge in [0, 0.05) is 30.3 Å². The van der Waals surface area contributed by atoms with Gasteiger partial charge in [-0.2, -0.15) is 0 Å². The highest BCUT2D eigenvalue weighted by Gasteiger charge is 2.21. The number of hydrogen-bond donors (Lipinski definition) is 4. The third-order valence-corrected chi connectivity index (χ3v) is 5.02. The fourth-order valence-corrected chi connectivity index (χ4v) is 3.25. The first-order valence-electron chi connectivity index (χ1n) is 10.9. The van der Waals surface area contributed by atoms with Gasteiger partial charge >= 0.3 is 5.97 Å². The number of nitro benzene ring substituents is 1. The van der Waals surface area contributed by atoms with Crippen LogP contribution in [0.1, 0.15) is 48.5 Å². The number of carboxylic acids is 1. The van der Waals surface area contributed by atoms with Crippen molar-refractivity contribution in [2.75, 3.05) is 18.4 Å². The number of anilines is 1. The number of nitrogens with one attached hydrogen (secondary N) is 3. The summed E-state index contributed by atoms with van der Waals surface area (Å²) < 4.78 is 0. The summed E-state index contributed by atoms with van der Waals surface area (Å²) in [7, 11) is 0. The smallest absolute Gasteiger partial charge is 0.305 e. The van der Waals surface area contributed by atoms with E-state index in [4.69, 9.17) is 0 Å². The monoisotopic (exact) mass is 471 g/mol. The van der Waals surface area contributed by atoms with Gasteiger partial charge in [-0.05, 0) is 44.4 Å². The number of carboxylic acid groups (broad SMARTS) is 1. The minimum atomic E-state index is -1.17. The first kappa shape index (κ1) is 26.2. The number of aliphatic carboxylic acids is 1. The van der Waals surface area contributed by atoms with Crippen LogP contribution < -0.4 is 16.0 Å². The van der Waals surface area contributed by atoms with Crippen molar-refractivity contribution in [2.24, 2.45) is 0 Å². The highest BCUT2D eigenvalue weighted by Crippen LogP contribution is 2.25. The van der Waals surface area contributed by atoms with Gasteiger partial charge in [0.15, 0.2) is 0 Å². The van der Waals surface area contributed by atoms with E-state index in [9.17, 15) is 29.6 Å². The quantitative estimate of drug-likeness (QED) is 0.197. The summed E-state index contributed by atoms with van der Waals surface area (Å²) in [6.07, 6.45) is 1.13. The predicted octanol–water partition coefficient (Wildman–Crippen LogP) is 2.64. The molecule has 0 fully saturated rings. The molecule has 1 unspecified atom stereocenters. The van der Waals surface area contributed by atoms with Gasteiger partial charge in [-0.3, -0.25) is 24.5 Å². The molecule has 0 aliphatic rings. The molecular formula is C23H29N5O6. The normalized spacial score (nSPS) is 11.4. The molecule has 1 heterocycles. The number of nitro groups is 1. The molecular weight excluding hydrogens is 442 g/mol. The molecule has 2 aromatic rings. The van der Waals surface area contributed by atoms with E-state index in [-0.39, 0.29) is 24.6 Å². The summed E-state index contributed by atoms with van der Waals surface area (Å²) in [4.78, 5) is 50.5. The number of nitrogens with zero attached hydrogens (tertiary/aromatic N) is 2. The number of aromatic nitrogens is 1. The summed E-state index contributed by atoms with van der Waals surface area (Å²) in [5, 5.41) is 28.6. The van der Waals surface area contributed by atoms with Crippen LogP contribution in [0.15, 0.2) is 36.4 Å². The van der Waals surface area contributed by atoms with Crippen LogP contribution in [-0.2, 0) is 14.4 Å². The van der Waals surface area contributed by atoms with E-state index in [1.165, 1.54) is 18.2 Å². The van der Waals surface area contributed by atoms with Crippen molar-refractivity contribution >= 4 is 29.3 Å². The number of pyridine rings is 1. The standard InChI is InChI=1S/C23H29N5O6/c1-15-9-10-17(12-19(15)28(33)34)18(13-23(31)32)27-22(30)14-25-21(29)8-3-4-11-24-20-7-5-6-16(2)26-20/h5-7,9-10,12,18H,3-4,8,11,13-14H2,1-2H3,(H,24,26)(H,25,29)(H,27,30)(H,31,32). The molecule has 0 saturated heterocycles. The topological polar surface area (TPSA) is 164 Å².